The smallest absolute Gasteiger partial charge is 0.410 e. The van der Waals surface area contributed by atoms with Crippen LogP contribution in [0.15, 0.2) is 17.1 Å². The summed E-state index contributed by atoms with van der Waals surface area (Å²) in [6.45, 7) is 5.64. The van der Waals surface area contributed by atoms with Gasteiger partial charge in [0.25, 0.3) is 0 Å². The first kappa shape index (κ1) is 17.1. The van der Waals surface area contributed by atoms with E-state index in [0.29, 0.717) is 29.9 Å². The molecule has 9 heteroatoms. The van der Waals surface area contributed by atoms with Crippen LogP contribution in [0.25, 0.3) is 5.69 Å². The Kier molecular flexibility index (Phi) is 3.73. The number of nitriles is 1. The van der Waals surface area contributed by atoms with Gasteiger partial charge in [-0.1, -0.05) is 0 Å². The molecule has 0 spiro atoms. The number of pyridine rings is 1. The van der Waals surface area contributed by atoms with Gasteiger partial charge in [0.1, 0.15) is 17.5 Å². The number of rotatable bonds is 2. The highest BCUT2D eigenvalue weighted by atomic mass is 16.6. The van der Waals surface area contributed by atoms with E-state index in [9.17, 15) is 14.7 Å². The summed E-state index contributed by atoms with van der Waals surface area (Å²) in [5.74, 6) is -0.208. The zero-order valence-corrected chi connectivity index (χ0v) is 15.2. The minimum Gasteiger partial charge on any atom is -0.493 e. The molecule has 2 aliphatic rings. The fraction of sp³-hybridized carbons (Fsp3) is 0.444. The van der Waals surface area contributed by atoms with Crippen molar-refractivity contribution in [2.24, 2.45) is 0 Å². The van der Waals surface area contributed by atoms with Gasteiger partial charge >= 0.3 is 11.8 Å². The average Bonchev–Trinajstić information content (AvgIpc) is 3.26. The number of aromatic hydroxyl groups is 1. The molecule has 1 fully saturated rings. The number of fused-ring (bicyclic) bond motifs is 5. The van der Waals surface area contributed by atoms with Gasteiger partial charge < -0.3 is 9.84 Å². The second kappa shape index (κ2) is 5.87. The van der Waals surface area contributed by atoms with Crippen molar-refractivity contribution < 1.29 is 14.6 Å². The van der Waals surface area contributed by atoms with E-state index in [1.165, 1.54) is 10.8 Å². The van der Waals surface area contributed by atoms with Crippen LogP contribution in [0.1, 0.15) is 49.3 Å². The Morgan fingerprint density at radius 1 is 1.48 bits per heavy atom. The Labute approximate surface area is 155 Å². The third-order valence-electron chi connectivity index (χ3n) is 5.06. The standard InChI is InChI=1S/C18H19N5O4/c1-9(2)27-18(26)21-8-12-5-14(21)15-16(24)23(17(25)22(12)15)11-4-10(3)13(6-19)20-7-11/h4,7,9,12,14,24H,5,8H2,1-3H3/t12-,14?/m1/s1. The molecular weight excluding hydrogens is 350 g/mol. The summed E-state index contributed by atoms with van der Waals surface area (Å²) in [6.07, 6.45) is 1.27. The van der Waals surface area contributed by atoms with Crippen molar-refractivity contribution in [1.29, 1.82) is 5.26 Å². The summed E-state index contributed by atoms with van der Waals surface area (Å²) >= 11 is 0. The molecule has 4 heterocycles. The molecule has 9 nitrogen and oxygen atoms in total. The van der Waals surface area contributed by atoms with Crippen LogP contribution in [-0.2, 0) is 4.74 Å². The molecule has 1 N–H and O–H groups in total. The lowest BCUT2D eigenvalue weighted by Gasteiger charge is -2.27. The largest absolute Gasteiger partial charge is 0.493 e. The van der Waals surface area contributed by atoms with Gasteiger partial charge in [-0.25, -0.2) is 19.1 Å². The minimum atomic E-state index is -0.445. The molecule has 0 radical (unpaired) electrons. The Bertz CT molecular complexity index is 1050. The molecule has 140 valence electrons. The maximum atomic E-state index is 12.9. The van der Waals surface area contributed by atoms with Crippen LogP contribution >= 0.6 is 0 Å². The van der Waals surface area contributed by atoms with E-state index in [0.717, 1.165) is 0 Å². The molecule has 1 saturated heterocycles. The van der Waals surface area contributed by atoms with Crippen molar-refractivity contribution in [2.45, 2.75) is 45.4 Å². The van der Waals surface area contributed by atoms with E-state index in [-0.39, 0.29) is 29.4 Å². The predicted octanol–water partition coefficient (Wildman–Crippen LogP) is 1.77. The molecule has 1 unspecified atom stereocenters. The van der Waals surface area contributed by atoms with Crippen molar-refractivity contribution in [2.75, 3.05) is 6.54 Å². The summed E-state index contributed by atoms with van der Waals surface area (Å²) in [5, 5.41) is 19.8. The lowest BCUT2D eigenvalue weighted by Crippen LogP contribution is -2.38. The van der Waals surface area contributed by atoms with Crippen LogP contribution in [0.4, 0.5) is 4.79 Å². The normalized spacial score (nSPS) is 20.0. The van der Waals surface area contributed by atoms with Gasteiger partial charge in [0.2, 0.25) is 5.88 Å². The number of amides is 1. The monoisotopic (exact) mass is 369 g/mol. The fourth-order valence-electron chi connectivity index (χ4n) is 3.95. The SMILES string of the molecule is Cc1cc(-n2c(O)c3n(c2=O)[C@@H]2CC3N(C(=O)OC(C)C)C2)cnc1C#N. The highest BCUT2D eigenvalue weighted by molar-refractivity contribution is 5.69. The number of aryl methyl sites for hydroxylation is 1. The molecule has 0 aliphatic carbocycles. The second-order valence-electron chi connectivity index (χ2n) is 7.16. The molecule has 2 aliphatic heterocycles. The highest BCUT2D eigenvalue weighted by Gasteiger charge is 2.49. The average molecular weight is 369 g/mol. The van der Waals surface area contributed by atoms with E-state index in [4.69, 9.17) is 10.00 Å². The first-order valence-electron chi connectivity index (χ1n) is 8.74. The van der Waals surface area contributed by atoms with Crippen LogP contribution in [-0.4, -0.2) is 42.9 Å². The van der Waals surface area contributed by atoms with Gasteiger partial charge in [0, 0.05) is 6.54 Å². The molecule has 4 rings (SSSR count). The number of ether oxygens (including phenoxy) is 1. The van der Waals surface area contributed by atoms with Crippen LogP contribution in [0.3, 0.4) is 0 Å². The second-order valence-corrected chi connectivity index (χ2v) is 7.16. The number of carbonyl (C=O) groups is 1. The number of nitrogens with zero attached hydrogens (tertiary/aromatic N) is 5. The molecular formula is C18H19N5O4. The van der Waals surface area contributed by atoms with Gasteiger partial charge in [-0.15, -0.1) is 0 Å². The number of hydrogen-bond donors (Lipinski definition) is 1. The van der Waals surface area contributed by atoms with Crippen LogP contribution < -0.4 is 5.69 Å². The molecule has 1 amide bonds. The lowest BCUT2D eigenvalue weighted by molar-refractivity contribution is 0.0688. The molecule has 0 aromatic carbocycles. The third kappa shape index (κ3) is 2.40. The van der Waals surface area contributed by atoms with E-state index >= 15 is 0 Å². The molecule has 27 heavy (non-hydrogen) atoms. The lowest BCUT2D eigenvalue weighted by atomic mass is 10.2. The van der Waals surface area contributed by atoms with Gasteiger partial charge in [-0.05, 0) is 38.8 Å². The molecule has 2 aromatic heterocycles. The van der Waals surface area contributed by atoms with E-state index in [1.54, 1.807) is 36.3 Å². The first-order chi connectivity index (χ1) is 12.8. The molecule has 2 aromatic rings. The fourth-order valence-corrected chi connectivity index (χ4v) is 3.95. The summed E-state index contributed by atoms with van der Waals surface area (Å²) < 4.78 is 8.00. The molecule has 2 atom stereocenters. The predicted molar refractivity (Wildman–Crippen MR) is 93.7 cm³/mol. The Balaban J connectivity index is 1.77. The quantitative estimate of drug-likeness (QED) is 0.863. The van der Waals surface area contributed by atoms with E-state index in [1.807, 2.05) is 6.07 Å². The zero-order valence-electron chi connectivity index (χ0n) is 15.2. The zero-order chi connectivity index (χ0) is 19.5. The Morgan fingerprint density at radius 3 is 2.85 bits per heavy atom. The topological polar surface area (TPSA) is 113 Å². The van der Waals surface area contributed by atoms with E-state index < -0.39 is 12.1 Å². The Hall–Kier alpha value is -3.28. The number of hydrogen-bond acceptors (Lipinski definition) is 6. The van der Waals surface area contributed by atoms with Crippen LogP contribution in [0, 0.1) is 18.3 Å². The van der Waals surface area contributed by atoms with Gasteiger partial charge in [0.05, 0.1) is 30.1 Å². The summed E-state index contributed by atoms with van der Waals surface area (Å²) in [4.78, 5) is 30.9. The summed E-state index contributed by atoms with van der Waals surface area (Å²) in [7, 11) is 0. The van der Waals surface area contributed by atoms with Gasteiger partial charge in [-0.2, -0.15) is 5.26 Å². The number of likely N-dealkylation sites (tertiary alicyclic amines) is 1. The van der Waals surface area contributed by atoms with Crippen LogP contribution in [0.5, 0.6) is 5.88 Å². The highest BCUT2D eigenvalue weighted by Crippen LogP contribution is 2.48. The Morgan fingerprint density at radius 2 is 2.22 bits per heavy atom. The van der Waals surface area contributed by atoms with Crippen LogP contribution in [0.2, 0.25) is 0 Å². The van der Waals surface area contributed by atoms with Crippen molar-refractivity contribution >= 4 is 6.09 Å². The van der Waals surface area contributed by atoms with Crippen molar-refractivity contribution in [1.82, 2.24) is 19.0 Å². The first-order valence-corrected chi connectivity index (χ1v) is 8.74. The number of aromatic nitrogens is 3. The number of carbonyl (C=O) groups excluding carboxylic acids is 1. The summed E-state index contributed by atoms with van der Waals surface area (Å²) in [5.41, 5.74) is 1.29. The van der Waals surface area contributed by atoms with Crippen molar-refractivity contribution in [3.63, 3.8) is 0 Å². The van der Waals surface area contributed by atoms with E-state index in [2.05, 4.69) is 4.98 Å². The van der Waals surface area contributed by atoms with Gasteiger partial charge in [0.15, 0.2) is 0 Å². The molecule has 2 bridgehead atoms. The van der Waals surface area contributed by atoms with Crippen molar-refractivity contribution in [3.05, 3.63) is 39.7 Å². The van der Waals surface area contributed by atoms with Crippen molar-refractivity contribution in [3.8, 4) is 17.6 Å². The molecule has 0 saturated carbocycles. The maximum Gasteiger partial charge on any atom is 0.410 e. The maximum absolute atomic E-state index is 12.9. The number of imidazole rings is 1. The third-order valence-corrected chi connectivity index (χ3v) is 5.06. The summed E-state index contributed by atoms with van der Waals surface area (Å²) in [6, 6.07) is 3.01. The minimum absolute atomic E-state index is 0.197. The van der Waals surface area contributed by atoms with Gasteiger partial charge in [-0.3, -0.25) is 9.47 Å².